The predicted molar refractivity (Wildman–Crippen MR) is 197 cm³/mol. The summed E-state index contributed by atoms with van der Waals surface area (Å²) in [5.74, 6) is -0.168. The minimum Gasteiger partial charge on any atom is -0.492 e. The van der Waals surface area contributed by atoms with Gasteiger partial charge >= 0.3 is 5.97 Å². The molecule has 5 aromatic rings. The number of nitrogens with zero attached hydrogens (tertiary/aromatic N) is 1. The number of hydrogen-bond donors (Lipinski definition) is 1. The van der Waals surface area contributed by atoms with Crippen LogP contribution < -0.4 is 4.74 Å². The first-order chi connectivity index (χ1) is 24.0. The Hall–Kier alpha value is -4.71. The molecule has 0 saturated carbocycles. The Kier molecular flexibility index (Phi) is 11.6. The molecule has 5 aromatic carbocycles. The maximum absolute atomic E-state index is 11.5. The van der Waals surface area contributed by atoms with Gasteiger partial charge in [0.1, 0.15) is 12.4 Å². The van der Waals surface area contributed by atoms with Crippen molar-refractivity contribution in [2.45, 2.75) is 57.6 Å². The standard InChI is InChI=1S/C44H47NO4/c1-3-48-42(44(46)47)31-35-17-23-39(24-18-35)49-27-26-45(2)43-40-25-19-36(28-33-12-8-5-9-13-33)29-38(40)22-21-37-20-16-34(30-41(37)43)15-14-32-10-6-4-7-11-32/h4-13,16-20,23-25,29-30,42-43H,3,14-15,21-22,26-28,31H2,1-2H3,(H,46,47). The summed E-state index contributed by atoms with van der Waals surface area (Å²) in [6.45, 7) is 3.46. The molecule has 1 N–H and O–H groups in total. The molecule has 0 spiro atoms. The number of aryl methyl sites for hydroxylation is 4. The molecule has 0 bridgehead atoms. The van der Waals surface area contributed by atoms with Crippen LogP contribution in [0.5, 0.6) is 5.75 Å². The lowest BCUT2D eigenvalue weighted by molar-refractivity contribution is -0.149. The van der Waals surface area contributed by atoms with Gasteiger partial charge in [-0.3, -0.25) is 4.90 Å². The molecule has 49 heavy (non-hydrogen) atoms. The normalized spacial score (nSPS) is 14.5. The Morgan fingerprint density at radius 2 is 1.39 bits per heavy atom. The van der Waals surface area contributed by atoms with Crippen molar-refractivity contribution in [3.8, 4) is 5.75 Å². The second kappa shape index (κ2) is 16.6. The Balaban J connectivity index is 1.20. The number of likely N-dealkylation sites (N-methyl/N-ethyl adjacent to an activating group) is 1. The third-order valence-electron chi connectivity index (χ3n) is 9.61. The van der Waals surface area contributed by atoms with Gasteiger partial charge in [0.25, 0.3) is 0 Å². The van der Waals surface area contributed by atoms with E-state index in [1.165, 1.54) is 44.5 Å². The molecule has 0 heterocycles. The van der Waals surface area contributed by atoms with E-state index in [9.17, 15) is 9.90 Å². The van der Waals surface area contributed by atoms with E-state index < -0.39 is 12.1 Å². The van der Waals surface area contributed by atoms with Gasteiger partial charge in [0.15, 0.2) is 6.10 Å². The molecule has 0 amide bonds. The third-order valence-corrected chi connectivity index (χ3v) is 9.61. The number of aliphatic carboxylic acids is 1. The lowest BCUT2D eigenvalue weighted by Crippen LogP contribution is -2.30. The molecule has 5 heteroatoms. The zero-order chi connectivity index (χ0) is 34.0. The minimum atomic E-state index is -0.942. The van der Waals surface area contributed by atoms with E-state index in [1.54, 1.807) is 0 Å². The Bertz CT molecular complexity index is 1800. The molecule has 0 radical (unpaired) electrons. The van der Waals surface area contributed by atoms with Gasteiger partial charge < -0.3 is 14.6 Å². The highest BCUT2D eigenvalue weighted by Gasteiger charge is 2.28. The molecule has 0 aromatic heterocycles. The fourth-order valence-electron chi connectivity index (χ4n) is 7.00. The van der Waals surface area contributed by atoms with Crippen LogP contribution in [0.4, 0.5) is 0 Å². The van der Waals surface area contributed by atoms with Crippen LogP contribution in [0, 0.1) is 0 Å². The van der Waals surface area contributed by atoms with Crippen molar-refractivity contribution in [2.75, 3.05) is 26.8 Å². The van der Waals surface area contributed by atoms with Crippen molar-refractivity contribution in [2.24, 2.45) is 0 Å². The molecule has 252 valence electrons. The average molecular weight is 654 g/mol. The molecule has 5 nitrogen and oxygen atoms in total. The van der Waals surface area contributed by atoms with Gasteiger partial charge in [-0.15, -0.1) is 0 Å². The quantitative estimate of drug-likeness (QED) is 0.123. The van der Waals surface area contributed by atoms with Crippen molar-refractivity contribution < 1.29 is 19.4 Å². The highest BCUT2D eigenvalue weighted by atomic mass is 16.5. The zero-order valence-electron chi connectivity index (χ0n) is 28.7. The summed E-state index contributed by atoms with van der Waals surface area (Å²) in [5.41, 5.74) is 12.0. The molecule has 1 aliphatic rings. The van der Waals surface area contributed by atoms with Crippen molar-refractivity contribution >= 4 is 5.97 Å². The minimum absolute atomic E-state index is 0.118. The van der Waals surface area contributed by atoms with Crippen LogP contribution in [0.3, 0.4) is 0 Å². The molecular weight excluding hydrogens is 606 g/mol. The third kappa shape index (κ3) is 9.05. The van der Waals surface area contributed by atoms with Crippen molar-refractivity contribution in [3.05, 3.63) is 171 Å². The Morgan fingerprint density at radius 1 is 0.735 bits per heavy atom. The largest absolute Gasteiger partial charge is 0.492 e. The van der Waals surface area contributed by atoms with Crippen LogP contribution in [0.2, 0.25) is 0 Å². The van der Waals surface area contributed by atoms with Gasteiger partial charge in [0.2, 0.25) is 0 Å². The van der Waals surface area contributed by atoms with Gasteiger partial charge in [-0.25, -0.2) is 4.79 Å². The molecule has 6 rings (SSSR count). The fourth-order valence-corrected chi connectivity index (χ4v) is 7.00. The summed E-state index contributed by atoms with van der Waals surface area (Å²) in [7, 11) is 2.21. The topological polar surface area (TPSA) is 59.0 Å². The maximum atomic E-state index is 11.5. The summed E-state index contributed by atoms with van der Waals surface area (Å²) < 4.78 is 11.6. The highest BCUT2D eigenvalue weighted by molar-refractivity contribution is 5.72. The van der Waals surface area contributed by atoms with Crippen LogP contribution in [-0.4, -0.2) is 48.9 Å². The van der Waals surface area contributed by atoms with E-state index in [1.807, 2.05) is 31.2 Å². The van der Waals surface area contributed by atoms with Gasteiger partial charge in [-0.2, -0.15) is 0 Å². The van der Waals surface area contributed by atoms with Crippen LogP contribution in [0.25, 0.3) is 0 Å². The Morgan fingerprint density at radius 3 is 2.10 bits per heavy atom. The molecule has 0 saturated heterocycles. The zero-order valence-corrected chi connectivity index (χ0v) is 28.7. The van der Waals surface area contributed by atoms with Gasteiger partial charge in [0.05, 0.1) is 6.04 Å². The first-order valence-corrected chi connectivity index (χ1v) is 17.5. The van der Waals surface area contributed by atoms with Crippen LogP contribution >= 0.6 is 0 Å². The van der Waals surface area contributed by atoms with E-state index in [0.29, 0.717) is 19.6 Å². The number of carboxylic acid groups (broad SMARTS) is 1. The number of carbonyl (C=O) groups is 1. The number of ether oxygens (including phenoxy) is 2. The number of benzene rings is 5. The summed E-state index contributed by atoms with van der Waals surface area (Å²) in [6.07, 6.45) is 4.49. The number of hydrogen-bond acceptors (Lipinski definition) is 4. The molecule has 0 aliphatic heterocycles. The SMILES string of the molecule is CCOC(Cc1ccc(OCCN(C)C2c3ccc(Cc4ccccc4)cc3CCc3ccc(CCc4ccccc4)cc32)cc1)C(=O)O. The van der Waals surface area contributed by atoms with Gasteiger partial charge in [-0.1, -0.05) is 109 Å². The molecule has 2 atom stereocenters. The first-order valence-electron chi connectivity index (χ1n) is 17.5. The summed E-state index contributed by atoms with van der Waals surface area (Å²) in [6, 6.07) is 43.5. The van der Waals surface area contributed by atoms with Crippen LogP contribution in [-0.2, 0) is 48.1 Å². The Labute approximate surface area is 291 Å². The van der Waals surface area contributed by atoms with Gasteiger partial charge in [-0.05, 0) is 108 Å². The number of carboxylic acids is 1. The lowest BCUT2D eigenvalue weighted by atomic mass is 9.90. The molecular formula is C44H47NO4. The van der Waals surface area contributed by atoms with E-state index in [4.69, 9.17) is 9.47 Å². The van der Waals surface area contributed by atoms with E-state index in [2.05, 4.69) is 109 Å². The lowest BCUT2D eigenvalue weighted by Gasteiger charge is -2.31. The monoisotopic (exact) mass is 653 g/mol. The van der Waals surface area contributed by atoms with Crippen LogP contribution in [0.15, 0.2) is 121 Å². The van der Waals surface area contributed by atoms with E-state index in [0.717, 1.165) is 50.0 Å². The number of fused-ring (bicyclic) bond motifs is 2. The smallest absolute Gasteiger partial charge is 0.333 e. The number of rotatable bonds is 15. The first kappa shape index (κ1) is 34.2. The van der Waals surface area contributed by atoms with E-state index >= 15 is 0 Å². The second-order valence-corrected chi connectivity index (χ2v) is 13.1. The van der Waals surface area contributed by atoms with Crippen molar-refractivity contribution in [1.29, 1.82) is 0 Å². The van der Waals surface area contributed by atoms with Gasteiger partial charge in [0, 0.05) is 19.6 Å². The van der Waals surface area contributed by atoms with Crippen molar-refractivity contribution in [1.82, 2.24) is 4.90 Å². The molecule has 0 fully saturated rings. The van der Waals surface area contributed by atoms with Crippen molar-refractivity contribution in [3.63, 3.8) is 0 Å². The molecule has 1 aliphatic carbocycles. The average Bonchev–Trinajstić information content (AvgIpc) is 3.28. The predicted octanol–water partition coefficient (Wildman–Crippen LogP) is 8.29. The second-order valence-electron chi connectivity index (χ2n) is 13.1. The van der Waals surface area contributed by atoms with Crippen LogP contribution in [0.1, 0.15) is 63.0 Å². The summed E-state index contributed by atoms with van der Waals surface area (Å²) >= 11 is 0. The summed E-state index contributed by atoms with van der Waals surface area (Å²) in [5, 5.41) is 9.44. The van der Waals surface area contributed by atoms with E-state index in [-0.39, 0.29) is 6.04 Å². The summed E-state index contributed by atoms with van der Waals surface area (Å²) in [4.78, 5) is 14.0. The highest BCUT2D eigenvalue weighted by Crippen LogP contribution is 2.37. The maximum Gasteiger partial charge on any atom is 0.333 e. The molecule has 2 unspecified atom stereocenters. The fraction of sp³-hybridized carbons (Fsp3) is 0.295.